The smallest absolute Gasteiger partial charge is 0.0540 e. The van der Waals surface area contributed by atoms with Crippen molar-refractivity contribution < 1.29 is 0 Å². The van der Waals surface area contributed by atoms with Gasteiger partial charge in [0.15, 0.2) is 0 Å². The van der Waals surface area contributed by atoms with E-state index in [4.69, 9.17) is 0 Å². The highest BCUT2D eigenvalue weighted by molar-refractivity contribution is 6.14. The summed E-state index contributed by atoms with van der Waals surface area (Å²) in [5, 5.41) is 7.61. The standard InChI is InChI=1S/C60H45N/c1-59(2)54-22-12-11-21-49(54)50-31-26-40(35-55(50)59)38-24-28-43(29-25-38)61(58-23-13-16-39-14-5-8-18-46(39)58)44-30-33-52-51-32-27-42(36-56(51)60(3,4)57(52)37-44)53-34-41-15-6-7-17-45(41)47-19-9-10-20-48(47)53/h5-37H,1-4H3. The van der Waals surface area contributed by atoms with Crippen LogP contribution in [-0.2, 0) is 10.8 Å². The Labute approximate surface area is 358 Å². The first-order valence-corrected chi connectivity index (χ1v) is 21.6. The van der Waals surface area contributed by atoms with Crippen molar-refractivity contribution in [1.29, 1.82) is 0 Å². The summed E-state index contributed by atoms with van der Waals surface area (Å²) in [6.07, 6.45) is 0. The maximum atomic E-state index is 2.46. The lowest BCUT2D eigenvalue weighted by Crippen LogP contribution is -2.17. The summed E-state index contributed by atoms with van der Waals surface area (Å²) in [5.74, 6) is 0. The van der Waals surface area contributed by atoms with Crippen molar-refractivity contribution in [3.8, 4) is 44.5 Å². The number of hydrogen-bond donors (Lipinski definition) is 0. The lowest BCUT2D eigenvalue weighted by atomic mass is 9.81. The van der Waals surface area contributed by atoms with Gasteiger partial charge in [0.05, 0.1) is 5.69 Å². The molecular weight excluding hydrogens is 735 g/mol. The Morgan fingerprint density at radius 1 is 0.295 bits per heavy atom. The zero-order valence-electron chi connectivity index (χ0n) is 35.0. The Morgan fingerprint density at radius 2 is 0.803 bits per heavy atom. The molecule has 12 rings (SSSR count). The Bertz CT molecular complexity index is 3410. The number of nitrogens with zero attached hydrogens (tertiary/aromatic N) is 1. The molecular formula is C60H45N. The fourth-order valence-corrected chi connectivity index (χ4v) is 10.8. The molecule has 0 fully saturated rings. The molecule has 0 radical (unpaired) electrons. The van der Waals surface area contributed by atoms with Gasteiger partial charge >= 0.3 is 0 Å². The average molecular weight is 780 g/mol. The molecule has 0 bridgehead atoms. The Morgan fingerprint density at radius 3 is 1.57 bits per heavy atom. The van der Waals surface area contributed by atoms with Gasteiger partial charge in [0.25, 0.3) is 0 Å². The molecule has 0 aromatic heterocycles. The van der Waals surface area contributed by atoms with Gasteiger partial charge in [-0.15, -0.1) is 0 Å². The van der Waals surface area contributed by atoms with Crippen LogP contribution in [0.1, 0.15) is 49.9 Å². The number of rotatable bonds is 5. The summed E-state index contributed by atoms with van der Waals surface area (Å²) in [5.41, 5.74) is 19.1. The SMILES string of the molecule is CC1(C)c2ccccc2-c2ccc(-c3ccc(N(c4ccc5c(c4)C(C)(C)c4cc(-c6cc7ccccc7c7ccccc67)ccc4-5)c4cccc5ccccc45)cc3)cc21. The molecule has 0 unspecified atom stereocenters. The minimum atomic E-state index is -0.210. The molecule has 0 heterocycles. The van der Waals surface area contributed by atoms with Crippen LogP contribution >= 0.6 is 0 Å². The van der Waals surface area contributed by atoms with E-state index in [1.807, 2.05) is 0 Å². The average Bonchev–Trinajstić information content (AvgIpc) is 3.67. The molecule has 10 aromatic carbocycles. The molecule has 1 heteroatoms. The van der Waals surface area contributed by atoms with Crippen molar-refractivity contribution >= 4 is 49.4 Å². The van der Waals surface area contributed by atoms with Crippen LogP contribution in [0.5, 0.6) is 0 Å². The van der Waals surface area contributed by atoms with Crippen LogP contribution in [-0.4, -0.2) is 0 Å². The summed E-state index contributed by atoms with van der Waals surface area (Å²) in [6.45, 7) is 9.51. The molecule has 61 heavy (non-hydrogen) atoms. The van der Waals surface area contributed by atoms with Gasteiger partial charge in [-0.25, -0.2) is 0 Å². The molecule has 0 N–H and O–H groups in total. The number of hydrogen-bond acceptors (Lipinski definition) is 1. The second kappa shape index (κ2) is 13.1. The number of fused-ring (bicyclic) bond motifs is 10. The lowest BCUT2D eigenvalue weighted by Gasteiger charge is -2.29. The van der Waals surface area contributed by atoms with E-state index in [1.54, 1.807) is 0 Å². The molecule has 290 valence electrons. The van der Waals surface area contributed by atoms with Gasteiger partial charge in [0.1, 0.15) is 0 Å². The van der Waals surface area contributed by atoms with Gasteiger partial charge in [-0.1, -0.05) is 179 Å². The minimum Gasteiger partial charge on any atom is -0.310 e. The maximum absolute atomic E-state index is 2.46. The quantitative estimate of drug-likeness (QED) is 0.157. The first kappa shape index (κ1) is 35.7. The van der Waals surface area contributed by atoms with Crippen molar-refractivity contribution in [1.82, 2.24) is 0 Å². The van der Waals surface area contributed by atoms with Crippen molar-refractivity contribution in [2.45, 2.75) is 38.5 Å². The van der Waals surface area contributed by atoms with E-state index in [1.165, 1.54) is 105 Å². The molecule has 10 aromatic rings. The second-order valence-corrected chi connectivity index (χ2v) is 18.1. The highest BCUT2D eigenvalue weighted by Crippen LogP contribution is 2.53. The molecule has 0 amide bonds. The zero-order valence-corrected chi connectivity index (χ0v) is 35.0. The molecule has 0 spiro atoms. The molecule has 1 nitrogen and oxygen atoms in total. The maximum Gasteiger partial charge on any atom is 0.0540 e. The first-order chi connectivity index (χ1) is 29.8. The van der Waals surface area contributed by atoms with Crippen molar-refractivity contribution in [2.24, 2.45) is 0 Å². The topological polar surface area (TPSA) is 3.24 Å². The van der Waals surface area contributed by atoms with E-state index in [0.29, 0.717) is 0 Å². The van der Waals surface area contributed by atoms with Gasteiger partial charge in [-0.05, 0) is 142 Å². The van der Waals surface area contributed by atoms with Crippen molar-refractivity contribution in [2.75, 3.05) is 4.90 Å². The van der Waals surface area contributed by atoms with Gasteiger partial charge in [0, 0.05) is 27.6 Å². The fraction of sp³-hybridized carbons (Fsp3) is 0.100. The third kappa shape index (κ3) is 5.33. The summed E-state index contributed by atoms with van der Waals surface area (Å²) in [7, 11) is 0. The van der Waals surface area contributed by atoms with E-state index >= 15 is 0 Å². The minimum absolute atomic E-state index is 0.0412. The molecule has 0 aliphatic heterocycles. The van der Waals surface area contributed by atoms with Crippen LogP contribution in [0.15, 0.2) is 200 Å². The van der Waals surface area contributed by atoms with E-state index in [9.17, 15) is 0 Å². The van der Waals surface area contributed by atoms with Gasteiger partial charge < -0.3 is 4.90 Å². The molecule has 2 aliphatic carbocycles. The number of anilines is 3. The lowest BCUT2D eigenvalue weighted by molar-refractivity contribution is 0.660. The Kier molecular flexibility index (Phi) is 7.69. The van der Waals surface area contributed by atoms with E-state index in [2.05, 4.69) is 233 Å². The normalized spacial score (nSPS) is 14.2. The van der Waals surface area contributed by atoms with Crippen LogP contribution in [0.25, 0.3) is 76.8 Å². The van der Waals surface area contributed by atoms with E-state index < -0.39 is 0 Å². The summed E-state index contributed by atoms with van der Waals surface area (Å²) >= 11 is 0. The van der Waals surface area contributed by atoms with Crippen LogP contribution in [0.3, 0.4) is 0 Å². The third-order valence-electron chi connectivity index (χ3n) is 14.0. The summed E-state index contributed by atoms with van der Waals surface area (Å²) in [4.78, 5) is 2.46. The molecule has 0 saturated carbocycles. The van der Waals surface area contributed by atoms with Crippen LogP contribution in [0.4, 0.5) is 17.1 Å². The van der Waals surface area contributed by atoms with E-state index in [-0.39, 0.29) is 10.8 Å². The van der Waals surface area contributed by atoms with Crippen molar-refractivity contribution in [3.05, 3.63) is 222 Å². The molecule has 0 saturated heterocycles. The van der Waals surface area contributed by atoms with Gasteiger partial charge in [0.2, 0.25) is 0 Å². The van der Waals surface area contributed by atoms with Gasteiger partial charge in [-0.3, -0.25) is 0 Å². The highest BCUT2D eigenvalue weighted by atomic mass is 15.1. The summed E-state index contributed by atoms with van der Waals surface area (Å²) < 4.78 is 0. The summed E-state index contributed by atoms with van der Waals surface area (Å²) in [6, 6.07) is 74.8. The van der Waals surface area contributed by atoms with Gasteiger partial charge in [-0.2, -0.15) is 0 Å². The fourth-order valence-electron chi connectivity index (χ4n) is 10.8. The monoisotopic (exact) mass is 779 g/mol. The molecule has 2 aliphatic rings. The highest BCUT2D eigenvalue weighted by Gasteiger charge is 2.37. The number of benzene rings is 10. The Hall–Kier alpha value is -7.22. The molecule has 0 atom stereocenters. The van der Waals surface area contributed by atoms with Crippen molar-refractivity contribution in [3.63, 3.8) is 0 Å². The van der Waals surface area contributed by atoms with Crippen LogP contribution in [0, 0.1) is 0 Å². The third-order valence-corrected chi connectivity index (χ3v) is 14.0. The van der Waals surface area contributed by atoms with Crippen LogP contribution in [0.2, 0.25) is 0 Å². The van der Waals surface area contributed by atoms with E-state index in [0.717, 1.165) is 11.4 Å². The first-order valence-electron chi connectivity index (χ1n) is 21.6. The largest absolute Gasteiger partial charge is 0.310 e. The Balaban J connectivity index is 0.959. The second-order valence-electron chi connectivity index (χ2n) is 18.1. The zero-order chi connectivity index (χ0) is 41.0. The van der Waals surface area contributed by atoms with Crippen LogP contribution < -0.4 is 4.90 Å². The predicted octanol–water partition coefficient (Wildman–Crippen LogP) is 16.6. The predicted molar refractivity (Wildman–Crippen MR) is 260 cm³/mol.